The third-order valence-corrected chi connectivity index (χ3v) is 3.75. The summed E-state index contributed by atoms with van der Waals surface area (Å²) in [4.78, 5) is 25.8. The first kappa shape index (κ1) is 15.6. The number of carbonyl (C=O) groups excluding carboxylic acids is 2. The zero-order valence-electron chi connectivity index (χ0n) is 11.8. The molecular weight excluding hydrogens is 294 g/mol. The summed E-state index contributed by atoms with van der Waals surface area (Å²) in [6, 6.07) is 4.39. The predicted octanol–water partition coefficient (Wildman–Crippen LogP) is 2.46. The lowest BCUT2D eigenvalue weighted by Crippen LogP contribution is -2.42. The van der Waals surface area contributed by atoms with Gasteiger partial charge in [0.2, 0.25) is 0 Å². The van der Waals surface area contributed by atoms with Gasteiger partial charge in [-0.15, -0.1) is 0 Å². The van der Waals surface area contributed by atoms with Gasteiger partial charge in [0.15, 0.2) is 0 Å². The van der Waals surface area contributed by atoms with Gasteiger partial charge >= 0.3 is 5.97 Å². The predicted molar refractivity (Wildman–Crippen MR) is 78.4 cm³/mol. The maximum atomic E-state index is 12.4. The average molecular weight is 312 g/mol. The summed E-state index contributed by atoms with van der Waals surface area (Å²) in [5.74, 6) is -1.00. The summed E-state index contributed by atoms with van der Waals surface area (Å²) in [5.41, 5.74) is 0.198. The Morgan fingerprint density at radius 3 is 2.90 bits per heavy atom. The molecule has 1 amide bonds. The number of hydrogen-bond acceptors (Lipinski definition) is 4. The second-order valence-corrected chi connectivity index (χ2v) is 5.44. The van der Waals surface area contributed by atoms with Gasteiger partial charge in [0.05, 0.1) is 18.1 Å². The third kappa shape index (κ3) is 3.67. The standard InChI is InChI=1S/C15H18ClNO4/c1-2-21-15(20)10-4-3-7-17(9-10)14(19)12-6-5-11(16)8-13(12)18/h5-6,8,10,18H,2-4,7,9H2,1H3/t10-/m0/s1. The average Bonchev–Trinajstić information content (AvgIpc) is 2.47. The Kier molecular flexibility index (Phi) is 5.07. The van der Waals surface area contributed by atoms with E-state index in [0.717, 1.165) is 12.8 Å². The van der Waals surface area contributed by atoms with Gasteiger partial charge < -0.3 is 14.7 Å². The van der Waals surface area contributed by atoms with Crippen molar-refractivity contribution in [3.05, 3.63) is 28.8 Å². The summed E-state index contributed by atoms with van der Waals surface area (Å²) in [7, 11) is 0. The van der Waals surface area contributed by atoms with Crippen LogP contribution in [0.25, 0.3) is 0 Å². The molecule has 2 rings (SSSR count). The Hall–Kier alpha value is -1.75. The van der Waals surface area contributed by atoms with Crippen molar-refractivity contribution in [1.29, 1.82) is 0 Å². The Balaban J connectivity index is 2.10. The molecule has 0 unspecified atom stereocenters. The molecule has 0 radical (unpaired) electrons. The van der Waals surface area contributed by atoms with Crippen LogP contribution in [0.4, 0.5) is 0 Å². The van der Waals surface area contributed by atoms with Crippen molar-refractivity contribution in [3.63, 3.8) is 0 Å². The highest BCUT2D eigenvalue weighted by atomic mass is 35.5. The number of carbonyl (C=O) groups is 2. The number of benzene rings is 1. The molecule has 1 aliphatic rings. The van der Waals surface area contributed by atoms with Crippen LogP contribution in [0.5, 0.6) is 5.75 Å². The lowest BCUT2D eigenvalue weighted by atomic mass is 9.97. The number of nitrogens with zero attached hydrogens (tertiary/aromatic N) is 1. The van der Waals surface area contributed by atoms with Crippen LogP contribution in [0.1, 0.15) is 30.1 Å². The van der Waals surface area contributed by atoms with Crippen molar-refractivity contribution < 1.29 is 19.4 Å². The van der Waals surface area contributed by atoms with Crippen LogP contribution in [0.15, 0.2) is 18.2 Å². The van der Waals surface area contributed by atoms with E-state index in [1.807, 2.05) is 0 Å². The van der Waals surface area contributed by atoms with Gasteiger partial charge in [-0.05, 0) is 38.0 Å². The molecule has 1 N–H and O–H groups in total. The topological polar surface area (TPSA) is 66.8 Å². The van der Waals surface area contributed by atoms with Crippen molar-refractivity contribution in [1.82, 2.24) is 4.90 Å². The van der Waals surface area contributed by atoms with Gasteiger partial charge in [-0.25, -0.2) is 0 Å². The van der Waals surface area contributed by atoms with Crippen molar-refractivity contribution in [2.24, 2.45) is 5.92 Å². The second kappa shape index (κ2) is 6.80. The quantitative estimate of drug-likeness (QED) is 0.871. The summed E-state index contributed by atoms with van der Waals surface area (Å²) < 4.78 is 5.01. The normalized spacial score (nSPS) is 18.4. The van der Waals surface area contributed by atoms with Crippen molar-refractivity contribution in [3.8, 4) is 5.75 Å². The summed E-state index contributed by atoms with van der Waals surface area (Å²) >= 11 is 5.76. The van der Waals surface area contributed by atoms with Crippen molar-refractivity contribution >= 4 is 23.5 Å². The van der Waals surface area contributed by atoms with Gasteiger partial charge in [0.25, 0.3) is 5.91 Å². The molecule has 1 aromatic carbocycles. The number of phenols is 1. The molecule has 21 heavy (non-hydrogen) atoms. The third-order valence-electron chi connectivity index (χ3n) is 3.52. The molecule has 0 aliphatic carbocycles. The van der Waals surface area contributed by atoms with Crippen molar-refractivity contribution in [2.45, 2.75) is 19.8 Å². The molecule has 114 valence electrons. The Labute approximate surface area is 128 Å². The van der Waals surface area contributed by atoms with Gasteiger partial charge in [-0.3, -0.25) is 9.59 Å². The molecule has 1 aromatic rings. The van der Waals surface area contributed by atoms with Gasteiger partial charge in [-0.2, -0.15) is 0 Å². The van der Waals surface area contributed by atoms with Crippen LogP contribution in [-0.2, 0) is 9.53 Å². The number of amides is 1. The van der Waals surface area contributed by atoms with E-state index in [1.54, 1.807) is 17.9 Å². The molecule has 6 heteroatoms. The first-order valence-corrected chi connectivity index (χ1v) is 7.35. The molecule has 1 aliphatic heterocycles. The molecule has 0 aromatic heterocycles. The number of ether oxygens (including phenoxy) is 1. The van der Waals surface area contributed by atoms with Crippen molar-refractivity contribution in [2.75, 3.05) is 19.7 Å². The fraction of sp³-hybridized carbons (Fsp3) is 0.467. The van der Waals surface area contributed by atoms with E-state index in [4.69, 9.17) is 16.3 Å². The summed E-state index contributed by atoms with van der Waals surface area (Å²) in [6.07, 6.45) is 1.46. The largest absolute Gasteiger partial charge is 0.507 e. The van der Waals surface area contributed by atoms with Crippen LogP contribution < -0.4 is 0 Å². The number of esters is 1. The minimum absolute atomic E-state index is 0.147. The van der Waals surface area contributed by atoms with Crippen LogP contribution in [0, 0.1) is 5.92 Å². The van der Waals surface area contributed by atoms with E-state index in [0.29, 0.717) is 24.7 Å². The van der Waals surface area contributed by atoms with Crippen LogP contribution in [0.3, 0.4) is 0 Å². The molecule has 1 fully saturated rings. The Morgan fingerprint density at radius 1 is 1.48 bits per heavy atom. The smallest absolute Gasteiger partial charge is 0.310 e. The SMILES string of the molecule is CCOC(=O)[C@H]1CCCN(C(=O)c2ccc(Cl)cc2O)C1. The minimum atomic E-state index is -0.294. The number of aromatic hydroxyl groups is 1. The zero-order chi connectivity index (χ0) is 15.4. The highest BCUT2D eigenvalue weighted by Crippen LogP contribution is 2.26. The van der Waals surface area contributed by atoms with Gasteiger partial charge in [0, 0.05) is 18.1 Å². The number of phenolic OH excluding ortho intramolecular Hbond substituents is 1. The van der Waals surface area contributed by atoms with Crippen LogP contribution in [0.2, 0.25) is 5.02 Å². The fourth-order valence-electron chi connectivity index (χ4n) is 2.47. The summed E-state index contributed by atoms with van der Waals surface area (Å²) in [5, 5.41) is 10.2. The molecule has 0 bridgehead atoms. The number of halogens is 1. The summed E-state index contributed by atoms with van der Waals surface area (Å²) in [6.45, 7) is 2.98. The van der Waals surface area contributed by atoms with E-state index >= 15 is 0 Å². The number of piperidine rings is 1. The first-order chi connectivity index (χ1) is 10.0. The Morgan fingerprint density at radius 2 is 2.24 bits per heavy atom. The first-order valence-electron chi connectivity index (χ1n) is 6.97. The van der Waals surface area contributed by atoms with E-state index in [1.165, 1.54) is 12.1 Å². The monoisotopic (exact) mass is 311 g/mol. The van der Waals surface area contributed by atoms with Crippen LogP contribution >= 0.6 is 11.6 Å². The minimum Gasteiger partial charge on any atom is -0.507 e. The van der Waals surface area contributed by atoms with Crippen LogP contribution in [-0.4, -0.2) is 41.6 Å². The molecule has 1 saturated heterocycles. The number of rotatable bonds is 3. The Bertz CT molecular complexity index is 546. The number of hydrogen-bond donors (Lipinski definition) is 1. The number of likely N-dealkylation sites (tertiary alicyclic amines) is 1. The lowest BCUT2D eigenvalue weighted by molar-refractivity contribution is -0.149. The maximum Gasteiger partial charge on any atom is 0.310 e. The van der Waals surface area contributed by atoms with E-state index in [2.05, 4.69) is 0 Å². The highest BCUT2D eigenvalue weighted by molar-refractivity contribution is 6.30. The fourth-order valence-corrected chi connectivity index (χ4v) is 2.64. The molecule has 5 nitrogen and oxygen atoms in total. The molecule has 0 saturated carbocycles. The second-order valence-electron chi connectivity index (χ2n) is 5.00. The maximum absolute atomic E-state index is 12.4. The molecule has 1 heterocycles. The van der Waals surface area contributed by atoms with E-state index in [-0.39, 0.29) is 29.1 Å². The molecule has 1 atom stereocenters. The molecular formula is C15H18ClNO4. The van der Waals surface area contributed by atoms with Gasteiger partial charge in [0.1, 0.15) is 5.75 Å². The zero-order valence-corrected chi connectivity index (χ0v) is 12.6. The molecule has 0 spiro atoms. The lowest BCUT2D eigenvalue weighted by Gasteiger charge is -2.31. The highest BCUT2D eigenvalue weighted by Gasteiger charge is 2.30. The van der Waals surface area contributed by atoms with Gasteiger partial charge in [-0.1, -0.05) is 11.6 Å². The van der Waals surface area contributed by atoms with E-state index < -0.39 is 0 Å². The van der Waals surface area contributed by atoms with E-state index in [9.17, 15) is 14.7 Å².